The third-order valence-corrected chi connectivity index (χ3v) is 2.54. The van der Waals surface area contributed by atoms with Gasteiger partial charge in [0, 0.05) is 4.43 Å². The molecule has 0 fully saturated rings. The number of benzene rings is 1. The van der Waals surface area contributed by atoms with Gasteiger partial charge in [0.05, 0.1) is 0 Å². The van der Waals surface area contributed by atoms with Crippen molar-refractivity contribution < 1.29 is 4.74 Å². The molecule has 1 aromatic carbocycles. The summed E-state index contributed by atoms with van der Waals surface area (Å²) in [5.41, 5.74) is 0. The van der Waals surface area contributed by atoms with Gasteiger partial charge in [-0.05, 0) is 19.1 Å². The zero-order chi connectivity index (χ0) is 8.10. The molecule has 0 aliphatic carbocycles. The molecule has 1 nitrogen and oxygen atoms in total. The van der Waals surface area contributed by atoms with E-state index in [4.69, 9.17) is 4.74 Å². The van der Waals surface area contributed by atoms with Crippen molar-refractivity contribution in [3.8, 4) is 5.75 Å². The number of alkyl halides is 1. The first kappa shape index (κ1) is 8.84. The second-order valence-electron chi connectivity index (χ2n) is 2.40. The van der Waals surface area contributed by atoms with Gasteiger partial charge in [0.25, 0.3) is 0 Å². The summed E-state index contributed by atoms with van der Waals surface area (Å²) in [6.07, 6.45) is 0.304. The smallest absolute Gasteiger partial charge is 0.119 e. The number of hydrogen-bond donors (Lipinski definition) is 0. The van der Waals surface area contributed by atoms with Crippen LogP contribution in [0, 0.1) is 0 Å². The Morgan fingerprint density at radius 3 is 2.55 bits per heavy atom. The van der Waals surface area contributed by atoms with Crippen molar-refractivity contribution in [1.82, 2.24) is 0 Å². The van der Waals surface area contributed by atoms with Crippen LogP contribution in [0.5, 0.6) is 5.75 Å². The zero-order valence-corrected chi connectivity index (χ0v) is 8.61. The minimum atomic E-state index is 0.304. The Morgan fingerprint density at radius 1 is 1.36 bits per heavy atom. The highest BCUT2D eigenvalue weighted by Crippen LogP contribution is 2.11. The molecular formula is C9H11IO. The molecule has 1 aromatic rings. The number of halogens is 1. The lowest BCUT2D eigenvalue weighted by atomic mass is 10.3. The van der Waals surface area contributed by atoms with Crippen LogP contribution in [0.4, 0.5) is 0 Å². The van der Waals surface area contributed by atoms with Crippen LogP contribution in [0.15, 0.2) is 30.3 Å². The number of ether oxygens (including phenoxy) is 1. The van der Waals surface area contributed by atoms with E-state index in [1.165, 1.54) is 0 Å². The van der Waals surface area contributed by atoms with E-state index in [2.05, 4.69) is 29.5 Å². The highest BCUT2D eigenvalue weighted by atomic mass is 127. The molecule has 0 N–H and O–H groups in total. The summed E-state index contributed by atoms with van der Waals surface area (Å²) in [7, 11) is 0. The average Bonchev–Trinajstić information content (AvgIpc) is 2.06. The van der Waals surface area contributed by atoms with Crippen molar-refractivity contribution in [3.05, 3.63) is 30.3 Å². The van der Waals surface area contributed by atoms with E-state index in [1.54, 1.807) is 0 Å². The van der Waals surface area contributed by atoms with Gasteiger partial charge in [0.2, 0.25) is 0 Å². The fourth-order valence-corrected chi connectivity index (χ4v) is 0.943. The molecule has 0 aliphatic heterocycles. The van der Waals surface area contributed by atoms with Crippen molar-refractivity contribution in [2.45, 2.75) is 13.0 Å². The van der Waals surface area contributed by atoms with Gasteiger partial charge in [-0.25, -0.2) is 0 Å². The van der Waals surface area contributed by atoms with E-state index in [0.29, 0.717) is 6.10 Å². The topological polar surface area (TPSA) is 9.23 Å². The van der Waals surface area contributed by atoms with Gasteiger partial charge in [-0.1, -0.05) is 40.8 Å². The van der Waals surface area contributed by atoms with Crippen LogP contribution in [-0.4, -0.2) is 10.5 Å². The van der Waals surface area contributed by atoms with Gasteiger partial charge in [0.1, 0.15) is 11.9 Å². The molecule has 11 heavy (non-hydrogen) atoms. The molecule has 0 bridgehead atoms. The van der Waals surface area contributed by atoms with Crippen molar-refractivity contribution in [1.29, 1.82) is 0 Å². The lowest BCUT2D eigenvalue weighted by Gasteiger charge is -2.10. The molecule has 0 aromatic heterocycles. The highest BCUT2D eigenvalue weighted by Gasteiger charge is 1.98. The van der Waals surface area contributed by atoms with E-state index in [0.717, 1.165) is 10.2 Å². The molecule has 1 rings (SSSR count). The Balaban J connectivity index is 2.51. The first-order valence-corrected chi connectivity index (χ1v) is 5.13. The largest absolute Gasteiger partial charge is 0.490 e. The van der Waals surface area contributed by atoms with Gasteiger partial charge >= 0.3 is 0 Å². The molecule has 0 aliphatic rings. The fourth-order valence-electron chi connectivity index (χ4n) is 0.763. The maximum atomic E-state index is 5.56. The van der Waals surface area contributed by atoms with Crippen molar-refractivity contribution in [2.75, 3.05) is 4.43 Å². The molecular weight excluding hydrogens is 251 g/mol. The second kappa shape index (κ2) is 4.59. The minimum absolute atomic E-state index is 0.304. The average molecular weight is 262 g/mol. The lowest BCUT2D eigenvalue weighted by molar-refractivity contribution is 0.250. The molecule has 0 radical (unpaired) electrons. The fraction of sp³-hybridized carbons (Fsp3) is 0.333. The lowest BCUT2D eigenvalue weighted by Crippen LogP contribution is -2.12. The molecule has 0 heterocycles. The van der Waals surface area contributed by atoms with Crippen molar-refractivity contribution in [2.24, 2.45) is 0 Å². The summed E-state index contributed by atoms with van der Waals surface area (Å²) >= 11 is 2.32. The minimum Gasteiger partial charge on any atom is -0.490 e. The summed E-state index contributed by atoms with van der Waals surface area (Å²) in [5, 5.41) is 0. The normalized spacial score (nSPS) is 12.5. The molecule has 1 atom stereocenters. The van der Waals surface area contributed by atoms with E-state index in [-0.39, 0.29) is 0 Å². The van der Waals surface area contributed by atoms with Gasteiger partial charge in [-0.2, -0.15) is 0 Å². The number of hydrogen-bond acceptors (Lipinski definition) is 1. The Bertz CT molecular complexity index is 198. The predicted octanol–water partition coefficient (Wildman–Crippen LogP) is 2.89. The van der Waals surface area contributed by atoms with Crippen LogP contribution in [0.25, 0.3) is 0 Å². The summed E-state index contributed by atoms with van der Waals surface area (Å²) in [6.45, 7) is 2.07. The summed E-state index contributed by atoms with van der Waals surface area (Å²) in [6, 6.07) is 9.90. The van der Waals surface area contributed by atoms with Gasteiger partial charge in [-0.3, -0.25) is 0 Å². The number of rotatable bonds is 3. The summed E-state index contributed by atoms with van der Waals surface area (Å²) < 4.78 is 6.58. The van der Waals surface area contributed by atoms with Crippen molar-refractivity contribution in [3.63, 3.8) is 0 Å². The van der Waals surface area contributed by atoms with E-state index < -0.39 is 0 Å². The van der Waals surface area contributed by atoms with Crippen LogP contribution in [0.2, 0.25) is 0 Å². The first-order chi connectivity index (χ1) is 5.33. The van der Waals surface area contributed by atoms with Crippen molar-refractivity contribution >= 4 is 22.6 Å². The summed E-state index contributed by atoms with van der Waals surface area (Å²) in [4.78, 5) is 0. The SMILES string of the molecule is CC(CI)Oc1ccccc1. The Morgan fingerprint density at radius 2 is 2.00 bits per heavy atom. The van der Waals surface area contributed by atoms with Crippen LogP contribution >= 0.6 is 22.6 Å². The molecule has 2 heteroatoms. The third kappa shape index (κ3) is 3.10. The van der Waals surface area contributed by atoms with E-state index in [1.807, 2.05) is 30.3 Å². The molecule has 60 valence electrons. The monoisotopic (exact) mass is 262 g/mol. The Labute approximate surface area is 80.9 Å². The first-order valence-electron chi connectivity index (χ1n) is 3.60. The van der Waals surface area contributed by atoms with Crippen LogP contribution in [0.1, 0.15) is 6.92 Å². The maximum absolute atomic E-state index is 5.56. The highest BCUT2D eigenvalue weighted by molar-refractivity contribution is 14.1. The standard InChI is InChI=1S/C9H11IO/c1-8(7-10)11-9-5-3-2-4-6-9/h2-6,8H,7H2,1H3. The van der Waals surface area contributed by atoms with E-state index in [9.17, 15) is 0 Å². The summed E-state index contributed by atoms with van der Waals surface area (Å²) in [5.74, 6) is 0.955. The maximum Gasteiger partial charge on any atom is 0.119 e. The van der Waals surface area contributed by atoms with E-state index >= 15 is 0 Å². The second-order valence-corrected chi connectivity index (χ2v) is 3.28. The van der Waals surface area contributed by atoms with Gasteiger partial charge < -0.3 is 4.74 Å². The zero-order valence-electron chi connectivity index (χ0n) is 6.46. The van der Waals surface area contributed by atoms with Gasteiger partial charge in [-0.15, -0.1) is 0 Å². The predicted molar refractivity (Wildman–Crippen MR) is 55.4 cm³/mol. The molecule has 0 spiro atoms. The van der Waals surface area contributed by atoms with Crippen LogP contribution < -0.4 is 4.74 Å². The quantitative estimate of drug-likeness (QED) is 0.601. The molecule has 0 amide bonds. The number of para-hydroxylation sites is 1. The third-order valence-electron chi connectivity index (χ3n) is 1.30. The molecule has 0 saturated heterocycles. The van der Waals surface area contributed by atoms with Crippen LogP contribution in [-0.2, 0) is 0 Å². The molecule has 1 unspecified atom stereocenters. The molecule has 0 saturated carbocycles. The van der Waals surface area contributed by atoms with Gasteiger partial charge in [0.15, 0.2) is 0 Å². The van der Waals surface area contributed by atoms with Crippen LogP contribution in [0.3, 0.4) is 0 Å². The Hall–Kier alpha value is -0.250. The Kier molecular flexibility index (Phi) is 3.69.